The molecule has 1 aliphatic rings. The zero-order valence-electron chi connectivity index (χ0n) is 14.5. The van der Waals surface area contributed by atoms with Crippen LogP contribution in [0.25, 0.3) is 0 Å². The Morgan fingerprint density at radius 1 is 1.35 bits per heavy atom. The Kier molecular flexibility index (Phi) is 6.57. The van der Waals surface area contributed by atoms with Gasteiger partial charge in [-0.2, -0.15) is 8.42 Å². The fourth-order valence-corrected chi connectivity index (χ4v) is 3.29. The van der Waals surface area contributed by atoms with Crippen LogP contribution in [0.4, 0.5) is 5.69 Å². The Bertz CT molecular complexity index is 750. The van der Waals surface area contributed by atoms with Gasteiger partial charge in [0.25, 0.3) is 10.1 Å². The van der Waals surface area contributed by atoms with E-state index >= 15 is 0 Å². The van der Waals surface area contributed by atoms with Gasteiger partial charge in [-0.1, -0.05) is 13.3 Å². The number of unbranched alkanes of at least 4 members (excludes halogenated alkanes) is 1. The molecule has 0 fully saturated rings. The minimum Gasteiger partial charge on any atom is -1.00 e. The molecule has 6 nitrogen and oxygen atoms in total. The molecule has 1 aliphatic heterocycles. The Labute approximate surface area is 159 Å². The number of nitrogens with zero attached hydrogens (tertiary/aromatic N) is 1. The van der Waals surface area contributed by atoms with E-state index in [1.165, 1.54) is 12.1 Å². The maximum Gasteiger partial charge on any atom is 1.00 e. The van der Waals surface area contributed by atoms with E-state index in [-0.39, 0.29) is 42.3 Å². The summed E-state index contributed by atoms with van der Waals surface area (Å²) >= 11 is 0. The minimum atomic E-state index is -4.26. The molecule has 0 aliphatic carbocycles. The van der Waals surface area contributed by atoms with Gasteiger partial charge in [-0.05, 0) is 43.5 Å². The molecular formula is C15H20NNaO5S. The standard InChI is InChI=1S/C15H19NO5S.Na.H/c1-10-15(2,8-4-3-5-14(17)18)12-9-11(22(19,20)21)6-7-13(12)16-10;;/h6-7,9H,3-5,8H2,1-2H3,(H,17,18)(H,19,20,21);;/q;+1;-1. The molecule has 1 heterocycles. The summed E-state index contributed by atoms with van der Waals surface area (Å²) in [7, 11) is -4.26. The molecular weight excluding hydrogens is 329 g/mol. The molecule has 1 atom stereocenters. The van der Waals surface area contributed by atoms with Crippen molar-refractivity contribution < 1.29 is 53.9 Å². The Morgan fingerprint density at radius 3 is 2.57 bits per heavy atom. The number of carbonyl (C=O) groups is 1. The Balaban J connectivity index is 0.00000264. The van der Waals surface area contributed by atoms with Crippen molar-refractivity contribution in [3.05, 3.63) is 23.8 Å². The number of benzene rings is 1. The van der Waals surface area contributed by atoms with E-state index in [0.717, 1.165) is 11.3 Å². The molecule has 0 aromatic heterocycles. The van der Waals surface area contributed by atoms with E-state index in [4.69, 9.17) is 5.11 Å². The van der Waals surface area contributed by atoms with Crippen molar-refractivity contribution in [2.24, 2.45) is 4.99 Å². The number of carboxylic acids is 1. The third-order valence-electron chi connectivity index (χ3n) is 4.26. The first-order valence-corrected chi connectivity index (χ1v) is 8.48. The van der Waals surface area contributed by atoms with Gasteiger partial charge in [-0.25, -0.2) is 0 Å². The second-order valence-electron chi connectivity index (χ2n) is 5.78. The van der Waals surface area contributed by atoms with Crippen LogP contribution in [0.3, 0.4) is 0 Å². The van der Waals surface area contributed by atoms with Crippen LogP contribution in [-0.2, 0) is 20.3 Å². The second kappa shape index (κ2) is 7.44. The van der Waals surface area contributed by atoms with Crippen LogP contribution in [0.1, 0.15) is 46.5 Å². The van der Waals surface area contributed by atoms with E-state index in [1.54, 1.807) is 6.07 Å². The van der Waals surface area contributed by atoms with Gasteiger partial charge in [0, 0.05) is 17.5 Å². The number of fused-ring (bicyclic) bond motifs is 1. The van der Waals surface area contributed by atoms with Crippen LogP contribution in [0.15, 0.2) is 28.1 Å². The molecule has 1 aromatic carbocycles. The summed E-state index contributed by atoms with van der Waals surface area (Å²) in [4.78, 5) is 14.9. The number of hydrogen-bond acceptors (Lipinski definition) is 4. The van der Waals surface area contributed by atoms with Gasteiger partial charge in [0.2, 0.25) is 0 Å². The summed E-state index contributed by atoms with van der Waals surface area (Å²) in [5, 5.41) is 8.69. The topological polar surface area (TPSA) is 104 Å². The van der Waals surface area contributed by atoms with Crippen LogP contribution in [-0.4, -0.2) is 29.8 Å². The van der Waals surface area contributed by atoms with Crippen LogP contribution < -0.4 is 29.6 Å². The number of aliphatic carboxylic acids is 1. The molecule has 23 heavy (non-hydrogen) atoms. The summed E-state index contributed by atoms with van der Waals surface area (Å²) in [6, 6.07) is 4.38. The fourth-order valence-electron chi connectivity index (χ4n) is 2.78. The minimum absolute atomic E-state index is 0. The van der Waals surface area contributed by atoms with Crippen molar-refractivity contribution in [1.82, 2.24) is 0 Å². The predicted molar refractivity (Wildman–Crippen MR) is 83.6 cm³/mol. The fraction of sp³-hybridized carbons (Fsp3) is 0.467. The molecule has 1 unspecified atom stereocenters. The maximum atomic E-state index is 11.3. The number of aliphatic imine (C=N–C) groups is 1. The van der Waals surface area contributed by atoms with Gasteiger partial charge in [0.15, 0.2) is 0 Å². The molecule has 0 saturated carbocycles. The first-order valence-electron chi connectivity index (χ1n) is 7.04. The second-order valence-corrected chi connectivity index (χ2v) is 7.21. The van der Waals surface area contributed by atoms with Crippen molar-refractivity contribution in [3.8, 4) is 0 Å². The summed E-state index contributed by atoms with van der Waals surface area (Å²) in [5.41, 5.74) is 1.89. The molecule has 0 spiro atoms. The van der Waals surface area contributed by atoms with Crippen molar-refractivity contribution in [2.75, 3.05) is 0 Å². The summed E-state index contributed by atoms with van der Waals surface area (Å²) < 4.78 is 31.8. The van der Waals surface area contributed by atoms with Crippen LogP contribution in [0.2, 0.25) is 0 Å². The zero-order valence-corrected chi connectivity index (χ0v) is 16.4. The number of hydrogen-bond donors (Lipinski definition) is 2. The van der Waals surface area contributed by atoms with Crippen LogP contribution >= 0.6 is 0 Å². The average Bonchev–Trinajstić information content (AvgIpc) is 2.66. The molecule has 2 rings (SSSR count). The Hall–Kier alpha value is -0.730. The SMILES string of the molecule is CC1=Nc2ccc(S(=O)(=O)O)cc2C1(C)CCCCC(=O)O.[H-].[Na+]. The normalized spacial score (nSPS) is 19.7. The van der Waals surface area contributed by atoms with E-state index in [0.29, 0.717) is 24.9 Å². The quantitative estimate of drug-likeness (QED) is 0.429. The summed E-state index contributed by atoms with van der Waals surface area (Å²) in [5.74, 6) is -0.823. The summed E-state index contributed by atoms with van der Waals surface area (Å²) in [6.07, 6.45) is 2.05. The number of rotatable bonds is 6. The smallest absolute Gasteiger partial charge is 1.00 e. The van der Waals surface area contributed by atoms with Crippen LogP contribution in [0, 0.1) is 0 Å². The first-order chi connectivity index (χ1) is 10.1. The van der Waals surface area contributed by atoms with Gasteiger partial charge in [0.05, 0.1) is 10.6 Å². The third-order valence-corrected chi connectivity index (χ3v) is 5.11. The first kappa shape index (κ1) is 20.3. The van der Waals surface area contributed by atoms with Crippen molar-refractivity contribution in [2.45, 2.75) is 49.8 Å². The zero-order chi connectivity index (χ0) is 16.5. The molecule has 2 N–H and O–H groups in total. The van der Waals surface area contributed by atoms with Gasteiger partial charge < -0.3 is 6.53 Å². The van der Waals surface area contributed by atoms with Gasteiger partial charge in [0.1, 0.15) is 0 Å². The van der Waals surface area contributed by atoms with Gasteiger partial charge in [-0.3, -0.25) is 14.3 Å². The van der Waals surface area contributed by atoms with E-state index < -0.39 is 21.5 Å². The monoisotopic (exact) mass is 349 g/mol. The van der Waals surface area contributed by atoms with E-state index in [9.17, 15) is 17.8 Å². The summed E-state index contributed by atoms with van der Waals surface area (Å²) in [6.45, 7) is 3.84. The van der Waals surface area contributed by atoms with Crippen molar-refractivity contribution in [1.29, 1.82) is 0 Å². The van der Waals surface area contributed by atoms with E-state index in [1.807, 2.05) is 13.8 Å². The molecule has 122 valence electrons. The largest absolute Gasteiger partial charge is 1.00 e. The van der Waals surface area contributed by atoms with Gasteiger partial charge >= 0.3 is 35.5 Å². The van der Waals surface area contributed by atoms with Crippen molar-refractivity contribution in [3.63, 3.8) is 0 Å². The van der Waals surface area contributed by atoms with Crippen molar-refractivity contribution >= 4 is 27.5 Å². The molecule has 1 aromatic rings. The molecule has 0 radical (unpaired) electrons. The molecule has 0 bridgehead atoms. The Morgan fingerprint density at radius 2 is 2.00 bits per heavy atom. The van der Waals surface area contributed by atoms with E-state index in [2.05, 4.69) is 4.99 Å². The van der Waals surface area contributed by atoms with Gasteiger partial charge in [-0.15, -0.1) is 0 Å². The average molecular weight is 349 g/mol. The molecule has 0 amide bonds. The third kappa shape index (κ3) is 4.42. The predicted octanol–water partition coefficient (Wildman–Crippen LogP) is 0.0585. The molecule has 0 saturated heterocycles. The van der Waals surface area contributed by atoms with Crippen LogP contribution in [0.5, 0.6) is 0 Å². The maximum absolute atomic E-state index is 11.3. The number of carboxylic acid groups (broad SMARTS) is 1. The molecule has 8 heteroatoms.